The maximum atomic E-state index is 12.5. The second-order valence-corrected chi connectivity index (χ2v) is 6.75. The Hall–Kier alpha value is -2.43. The largest absolute Gasteiger partial charge is 0.319 e. The van der Waals surface area contributed by atoms with E-state index >= 15 is 0 Å². The number of para-hydroxylation sites is 1. The topological polar surface area (TPSA) is 64.0 Å². The Balaban J connectivity index is 2.32. The molecular weight excluding hydrogens is 290 g/mol. The SMILES string of the molecule is Cc1nn(C)c(C)c1C(=O)C(=O)Nc1ccccc1C(C)(C)C. The van der Waals surface area contributed by atoms with E-state index in [4.69, 9.17) is 0 Å². The van der Waals surface area contributed by atoms with Crippen LogP contribution in [-0.4, -0.2) is 21.5 Å². The number of ketones is 1. The Morgan fingerprint density at radius 3 is 2.26 bits per heavy atom. The van der Waals surface area contributed by atoms with Gasteiger partial charge in [-0.2, -0.15) is 5.10 Å². The minimum absolute atomic E-state index is 0.132. The van der Waals surface area contributed by atoms with Crippen LogP contribution in [0.4, 0.5) is 5.69 Å². The van der Waals surface area contributed by atoms with Crippen LogP contribution in [0.3, 0.4) is 0 Å². The summed E-state index contributed by atoms with van der Waals surface area (Å²) in [5.41, 5.74) is 3.14. The third-order valence-corrected chi connectivity index (χ3v) is 3.93. The highest BCUT2D eigenvalue weighted by Crippen LogP contribution is 2.29. The highest BCUT2D eigenvalue weighted by molar-refractivity contribution is 6.47. The second kappa shape index (κ2) is 5.99. The fourth-order valence-corrected chi connectivity index (χ4v) is 2.64. The summed E-state index contributed by atoms with van der Waals surface area (Å²) in [6.45, 7) is 9.71. The number of amides is 1. The zero-order valence-corrected chi connectivity index (χ0v) is 14.5. The number of carbonyl (C=O) groups excluding carboxylic acids is 2. The summed E-state index contributed by atoms with van der Waals surface area (Å²) >= 11 is 0. The lowest BCUT2D eigenvalue weighted by molar-refractivity contribution is -0.112. The maximum Gasteiger partial charge on any atom is 0.296 e. The van der Waals surface area contributed by atoms with Crippen LogP contribution in [0.1, 0.15) is 48.1 Å². The highest BCUT2D eigenvalue weighted by Gasteiger charge is 2.25. The third kappa shape index (κ3) is 3.33. The van der Waals surface area contributed by atoms with E-state index in [0.717, 1.165) is 5.56 Å². The summed E-state index contributed by atoms with van der Waals surface area (Å²) in [5, 5.41) is 6.95. The van der Waals surface area contributed by atoms with Crippen molar-refractivity contribution in [3.63, 3.8) is 0 Å². The molecule has 0 aliphatic rings. The Labute approximate surface area is 136 Å². The molecule has 1 aromatic heterocycles. The molecule has 5 nitrogen and oxygen atoms in total. The highest BCUT2D eigenvalue weighted by atomic mass is 16.2. The van der Waals surface area contributed by atoms with Gasteiger partial charge < -0.3 is 5.32 Å². The van der Waals surface area contributed by atoms with Gasteiger partial charge in [0.25, 0.3) is 11.7 Å². The normalized spacial score (nSPS) is 11.4. The first-order valence-corrected chi connectivity index (χ1v) is 7.58. The van der Waals surface area contributed by atoms with Crippen LogP contribution in [0.25, 0.3) is 0 Å². The first kappa shape index (κ1) is 16.9. The van der Waals surface area contributed by atoms with E-state index in [1.807, 2.05) is 24.3 Å². The van der Waals surface area contributed by atoms with Crippen LogP contribution >= 0.6 is 0 Å². The zero-order chi connectivity index (χ0) is 17.4. The van der Waals surface area contributed by atoms with Gasteiger partial charge in [0.05, 0.1) is 11.3 Å². The van der Waals surface area contributed by atoms with Crippen LogP contribution in [0.15, 0.2) is 24.3 Å². The second-order valence-electron chi connectivity index (χ2n) is 6.75. The molecule has 0 aliphatic carbocycles. The van der Waals surface area contributed by atoms with Gasteiger partial charge in [-0.05, 0) is 30.9 Å². The van der Waals surface area contributed by atoms with Gasteiger partial charge in [-0.15, -0.1) is 0 Å². The summed E-state index contributed by atoms with van der Waals surface area (Å²) in [4.78, 5) is 24.9. The van der Waals surface area contributed by atoms with Crippen molar-refractivity contribution in [3.8, 4) is 0 Å². The van der Waals surface area contributed by atoms with E-state index < -0.39 is 11.7 Å². The Morgan fingerprint density at radius 1 is 1.13 bits per heavy atom. The molecule has 122 valence electrons. The third-order valence-electron chi connectivity index (χ3n) is 3.93. The molecule has 2 rings (SSSR count). The van der Waals surface area contributed by atoms with Crippen molar-refractivity contribution in [2.45, 2.75) is 40.0 Å². The standard InChI is InChI=1S/C18H23N3O2/c1-11-15(12(2)21(6)20-11)16(22)17(23)19-14-10-8-7-9-13(14)18(3,4)5/h7-10H,1-6H3,(H,19,23). The van der Waals surface area contributed by atoms with Gasteiger partial charge in [-0.25, -0.2) is 0 Å². The lowest BCUT2D eigenvalue weighted by atomic mass is 9.86. The number of hydrogen-bond acceptors (Lipinski definition) is 3. The predicted molar refractivity (Wildman–Crippen MR) is 90.8 cm³/mol. The molecule has 0 radical (unpaired) electrons. The van der Waals surface area contributed by atoms with Gasteiger partial charge in [-0.3, -0.25) is 14.3 Å². The van der Waals surface area contributed by atoms with Crippen molar-refractivity contribution in [1.82, 2.24) is 9.78 Å². The Morgan fingerprint density at radius 2 is 1.74 bits per heavy atom. The molecular formula is C18H23N3O2. The average molecular weight is 313 g/mol. The van der Waals surface area contributed by atoms with Gasteiger partial charge in [0.2, 0.25) is 0 Å². The van der Waals surface area contributed by atoms with E-state index in [9.17, 15) is 9.59 Å². The van der Waals surface area contributed by atoms with E-state index in [0.29, 0.717) is 22.6 Å². The molecule has 0 aliphatic heterocycles. The number of rotatable bonds is 3. The van der Waals surface area contributed by atoms with E-state index in [1.54, 1.807) is 25.6 Å². The fraction of sp³-hybridized carbons (Fsp3) is 0.389. The van der Waals surface area contributed by atoms with E-state index in [-0.39, 0.29) is 5.41 Å². The number of Topliss-reactive ketones (excluding diaryl/α,β-unsaturated/α-hetero) is 1. The molecule has 0 bridgehead atoms. The van der Waals surface area contributed by atoms with Gasteiger partial charge >= 0.3 is 0 Å². The number of nitrogens with one attached hydrogen (secondary N) is 1. The number of anilines is 1. The lowest BCUT2D eigenvalue weighted by Gasteiger charge is -2.22. The fourth-order valence-electron chi connectivity index (χ4n) is 2.64. The molecule has 1 N–H and O–H groups in total. The first-order chi connectivity index (χ1) is 10.6. The number of carbonyl (C=O) groups is 2. The monoisotopic (exact) mass is 313 g/mol. The van der Waals surface area contributed by atoms with Gasteiger partial charge in [0.1, 0.15) is 0 Å². The smallest absolute Gasteiger partial charge is 0.296 e. The molecule has 1 heterocycles. The number of benzene rings is 1. The number of nitrogens with zero attached hydrogens (tertiary/aromatic N) is 2. The quantitative estimate of drug-likeness (QED) is 0.699. The molecule has 1 aromatic carbocycles. The molecule has 5 heteroatoms. The van der Waals surface area contributed by atoms with E-state index in [1.165, 1.54) is 0 Å². The molecule has 0 unspecified atom stereocenters. The minimum atomic E-state index is -0.638. The summed E-state index contributed by atoms with van der Waals surface area (Å²) in [6.07, 6.45) is 0. The predicted octanol–water partition coefficient (Wildman–Crippen LogP) is 3.16. The summed E-state index contributed by atoms with van der Waals surface area (Å²) in [5.74, 6) is -1.20. The van der Waals surface area contributed by atoms with Crippen LogP contribution < -0.4 is 5.32 Å². The molecule has 0 saturated carbocycles. The summed E-state index contributed by atoms with van der Waals surface area (Å²) in [7, 11) is 1.76. The Kier molecular flexibility index (Phi) is 4.41. The van der Waals surface area contributed by atoms with Crippen LogP contribution in [0, 0.1) is 13.8 Å². The molecule has 23 heavy (non-hydrogen) atoms. The molecule has 0 fully saturated rings. The van der Waals surface area contributed by atoms with Crippen molar-refractivity contribution >= 4 is 17.4 Å². The summed E-state index contributed by atoms with van der Waals surface area (Å²) < 4.78 is 1.61. The van der Waals surface area contributed by atoms with Gasteiger partial charge in [0.15, 0.2) is 0 Å². The maximum absolute atomic E-state index is 12.5. The number of aromatic nitrogens is 2. The summed E-state index contributed by atoms with van der Waals surface area (Å²) in [6, 6.07) is 7.54. The number of hydrogen-bond donors (Lipinski definition) is 1. The molecule has 2 aromatic rings. The Bertz CT molecular complexity index is 767. The van der Waals surface area contributed by atoms with Crippen LogP contribution in [-0.2, 0) is 17.3 Å². The molecule has 0 atom stereocenters. The van der Waals surface area contributed by atoms with Gasteiger partial charge in [-0.1, -0.05) is 39.0 Å². The van der Waals surface area contributed by atoms with Gasteiger partial charge in [0, 0.05) is 18.4 Å². The zero-order valence-electron chi connectivity index (χ0n) is 14.5. The van der Waals surface area contributed by atoms with E-state index in [2.05, 4.69) is 31.2 Å². The van der Waals surface area contributed by atoms with Crippen molar-refractivity contribution in [2.75, 3.05) is 5.32 Å². The van der Waals surface area contributed by atoms with Crippen molar-refractivity contribution < 1.29 is 9.59 Å². The molecule has 1 amide bonds. The minimum Gasteiger partial charge on any atom is -0.319 e. The number of aryl methyl sites for hydroxylation is 2. The van der Waals surface area contributed by atoms with Crippen LogP contribution in [0.2, 0.25) is 0 Å². The average Bonchev–Trinajstić information content (AvgIpc) is 2.71. The van der Waals surface area contributed by atoms with Crippen molar-refractivity contribution in [2.24, 2.45) is 7.05 Å². The van der Waals surface area contributed by atoms with Crippen LogP contribution in [0.5, 0.6) is 0 Å². The van der Waals surface area contributed by atoms with Crippen molar-refractivity contribution in [1.29, 1.82) is 0 Å². The lowest BCUT2D eigenvalue weighted by Crippen LogP contribution is -2.26. The molecule has 0 saturated heterocycles. The molecule has 0 spiro atoms. The first-order valence-electron chi connectivity index (χ1n) is 7.58. The van der Waals surface area contributed by atoms with Crippen molar-refractivity contribution in [3.05, 3.63) is 46.8 Å².